The highest BCUT2D eigenvalue weighted by molar-refractivity contribution is 9.10. The highest BCUT2D eigenvalue weighted by Gasteiger charge is 2.20. The van der Waals surface area contributed by atoms with Gasteiger partial charge >= 0.3 is 0 Å². The molecule has 1 heterocycles. The number of nitrogens with zero attached hydrogens (tertiary/aromatic N) is 1. The van der Waals surface area contributed by atoms with Gasteiger partial charge in [0.25, 0.3) is 10.0 Å². The second-order valence-electron chi connectivity index (χ2n) is 3.78. The van der Waals surface area contributed by atoms with E-state index in [1.54, 1.807) is 0 Å². The Hall–Kier alpha value is -1.74. The maximum absolute atomic E-state index is 13.2. The Morgan fingerprint density at radius 3 is 2.55 bits per heavy atom. The van der Waals surface area contributed by atoms with Crippen molar-refractivity contribution in [2.24, 2.45) is 0 Å². The van der Waals surface area contributed by atoms with E-state index < -0.39 is 21.8 Å². The molecule has 0 atom stereocenters. The van der Waals surface area contributed by atoms with Crippen LogP contribution in [0.15, 0.2) is 39.8 Å². The van der Waals surface area contributed by atoms with E-state index in [1.807, 2.05) is 0 Å². The van der Waals surface area contributed by atoms with Crippen LogP contribution in [0.4, 0.5) is 20.2 Å². The van der Waals surface area contributed by atoms with Crippen molar-refractivity contribution < 1.29 is 17.2 Å². The Balaban J connectivity index is 2.40. The molecule has 0 bridgehead atoms. The lowest BCUT2D eigenvalue weighted by molar-refractivity contribution is 0.583. The number of halogens is 3. The SMILES string of the molecule is Nc1cc(F)c(Br)cc1S(=O)(=O)Nc1ccc(F)nc1. The summed E-state index contributed by atoms with van der Waals surface area (Å²) in [5.74, 6) is -1.41. The fourth-order valence-electron chi connectivity index (χ4n) is 1.42. The number of benzene rings is 1. The molecule has 0 fully saturated rings. The highest BCUT2D eigenvalue weighted by atomic mass is 79.9. The summed E-state index contributed by atoms with van der Waals surface area (Å²) in [5, 5.41) is 0. The van der Waals surface area contributed by atoms with Gasteiger partial charge in [0.2, 0.25) is 5.95 Å². The number of nitrogens with one attached hydrogen (secondary N) is 1. The molecular weight excluding hydrogens is 356 g/mol. The van der Waals surface area contributed by atoms with Crippen LogP contribution in [0, 0.1) is 11.8 Å². The van der Waals surface area contributed by atoms with Gasteiger partial charge in [0, 0.05) is 0 Å². The van der Waals surface area contributed by atoms with Crippen molar-refractivity contribution in [1.82, 2.24) is 4.98 Å². The molecule has 1 aromatic carbocycles. The summed E-state index contributed by atoms with van der Waals surface area (Å²) in [4.78, 5) is 3.02. The smallest absolute Gasteiger partial charge is 0.264 e. The Morgan fingerprint density at radius 2 is 1.95 bits per heavy atom. The van der Waals surface area contributed by atoms with E-state index in [1.165, 1.54) is 6.07 Å². The van der Waals surface area contributed by atoms with Crippen LogP contribution in [0.2, 0.25) is 0 Å². The molecule has 0 aliphatic carbocycles. The number of pyridine rings is 1. The molecule has 2 rings (SSSR count). The summed E-state index contributed by atoms with van der Waals surface area (Å²) in [6.45, 7) is 0. The van der Waals surface area contributed by atoms with Crippen molar-refractivity contribution in [2.75, 3.05) is 10.5 Å². The van der Waals surface area contributed by atoms with Crippen molar-refractivity contribution in [3.05, 3.63) is 46.7 Å². The fraction of sp³-hybridized carbons (Fsp3) is 0. The first-order valence-electron chi connectivity index (χ1n) is 5.18. The molecule has 106 valence electrons. The van der Waals surface area contributed by atoms with Gasteiger partial charge in [-0.25, -0.2) is 17.8 Å². The first-order chi connectivity index (χ1) is 9.29. The predicted molar refractivity (Wildman–Crippen MR) is 73.5 cm³/mol. The van der Waals surface area contributed by atoms with Gasteiger partial charge in [0.15, 0.2) is 0 Å². The topological polar surface area (TPSA) is 85.1 Å². The molecule has 20 heavy (non-hydrogen) atoms. The van der Waals surface area contributed by atoms with Crippen molar-refractivity contribution in [3.63, 3.8) is 0 Å². The van der Waals surface area contributed by atoms with Crippen LogP contribution in [0.5, 0.6) is 0 Å². The highest BCUT2D eigenvalue weighted by Crippen LogP contribution is 2.27. The summed E-state index contributed by atoms with van der Waals surface area (Å²) >= 11 is 2.88. The standard InChI is InChI=1S/C11H8BrF2N3O2S/c12-7-3-10(9(15)4-8(7)13)20(18,19)17-6-1-2-11(14)16-5-6/h1-5,17H,15H2. The molecule has 3 N–H and O–H groups in total. The van der Waals surface area contributed by atoms with Crippen LogP contribution >= 0.6 is 15.9 Å². The van der Waals surface area contributed by atoms with Crippen LogP contribution in [-0.2, 0) is 10.0 Å². The average Bonchev–Trinajstić information content (AvgIpc) is 2.36. The molecule has 0 spiro atoms. The Labute approximate surface area is 122 Å². The molecule has 0 radical (unpaired) electrons. The lowest BCUT2D eigenvalue weighted by atomic mass is 10.3. The molecule has 5 nitrogen and oxygen atoms in total. The first-order valence-corrected chi connectivity index (χ1v) is 7.46. The van der Waals surface area contributed by atoms with E-state index in [0.717, 1.165) is 24.4 Å². The third-order valence-electron chi connectivity index (χ3n) is 2.32. The number of hydrogen-bond acceptors (Lipinski definition) is 4. The van der Waals surface area contributed by atoms with E-state index in [9.17, 15) is 17.2 Å². The number of anilines is 2. The summed E-state index contributed by atoms with van der Waals surface area (Å²) in [7, 11) is -4.03. The fourth-order valence-corrected chi connectivity index (χ4v) is 3.10. The van der Waals surface area contributed by atoms with E-state index in [2.05, 4.69) is 25.6 Å². The maximum Gasteiger partial charge on any atom is 0.264 e. The van der Waals surface area contributed by atoms with Gasteiger partial charge in [0.1, 0.15) is 10.7 Å². The van der Waals surface area contributed by atoms with E-state index in [0.29, 0.717) is 0 Å². The molecule has 0 saturated heterocycles. The van der Waals surface area contributed by atoms with Crippen LogP contribution < -0.4 is 10.5 Å². The summed E-state index contributed by atoms with van der Waals surface area (Å²) in [6.07, 6.45) is 1.02. The number of sulfonamides is 1. The average molecular weight is 364 g/mol. The van der Waals surface area contributed by atoms with Crippen molar-refractivity contribution in [2.45, 2.75) is 4.90 Å². The molecule has 1 aromatic heterocycles. The molecule has 0 aliphatic rings. The van der Waals surface area contributed by atoms with Gasteiger partial charge in [-0.05, 0) is 40.2 Å². The molecule has 0 amide bonds. The first kappa shape index (κ1) is 14.7. The lowest BCUT2D eigenvalue weighted by Crippen LogP contribution is -2.15. The lowest BCUT2D eigenvalue weighted by Gasteiger charge is -2.10. The van der Waals surface area contributed by atoms with E-state index >= 15 is 0 Å². The van der Waals surface area contributed by atoms with Crippen LogP contribution in [-0.4, -0.2) is 13.4 Å². The number of nitrogen functional groups attached to an aromatic ring is 1. The van der Waals surface area contributed by atoms with Crippen molar-refractivity contribution in [1.29, 1.82) is 0 Å². The summed E-state index contributed by atoms with van der Waals surface area (Å²) in [6, 6.07) is 4.14. The van der Waals surface area contributed by atoms with Gasteiger partial charge in [-0.2, -0.15) is 4.39 Å². The molecular formula is C11H8BrF2N3O2S. The summed E-state index contributed by atoms with van der Waals surface area (Å²) < 4.78 is 52.2. The van der Waals surface area contributed by atoms with Gasteiger partial charge in [0.05, 0.1) is 22.0 Å². The van der Waals surface area contributed by atoms with Crippen LogP contribution in [0.3, 0.4) is 0 Å². The minimum Gasteiger partial charge on any atom is -0.398 e. The second-order valence-corrected chi connectivity index (χ2v) is 6.28. The zero-order valence-electron chi connectivity index (χ0n) is 9.77. The Bertz CT molecular complexity index is 751. The Kier molecular flexibility index (Phi) is 3.91. The quantitative estimate of drug-likeness (QED) is 0.648. The molecule has 2 aromatic rings. The zero-order chi connectivity index (χ0) is 14.9. The zero-order valence-corrected chi connectivity index (χ0v) is 12.2. The van der Waals surface area contributed by atoms with Gasteiger partial charge in [-0.3, -0.25) is 4.72 Å². The minimum absolute atomic E-state index is 0.0377. The number of hydrogen-bond donors (Lipinski definition) is 2. The van der Waals surface area contributed by atoms with Crippen molar-refractivity contribution >= 4 is 37.3 Å². The molecule has 9 heteroatoms. The molecule has 0 saturated carbocycles. The van der Waals surface area contributed by atoms with Crippen LogP contribution in [0.25, 0.3) is 0 Å². The predicted octanol–water partition coefficient (Wildman–Crippen LogP) is 2.51. The minimum atomic E-state index is -4.03. The number of rotatable bonds is 3. The molecule has 0 unspecified atom stereocenters. The van der Waals surface area contributed by atoms with E-state index in [-0.39, 0.29) is 20.7 Å². The largest absolute Gasteiger partial charge is 0.398 e. The monoisotopic (exact) mass is 363 g/mol. The van der Waals surface area contributed by atoms with E-state index in [4.69, 9.17) is 5.73 Å². The number of nitrogens with two attached hydrogens (primary N) is 1. The third kappa shape index (κ3) is 3.05. The van der Waals surface area contributed by atoms with Crippen molar-refractivity contribution in [3.8, 4) is 0 Å². The normalized spacial score (nSPS) is 11.3. The van der Waals surface area contributed by atoms with Gasteiger partial charge in [-0.15, -0.1) is 0 Å². The Morgan fingerprint density at radius 1 is 1.25 bits per heavy atom. The van der Waals surface area contributed by atoms with Crippen LogP contribution in [0.1, 0.15) is 0 Å². The van der Waals surface area contributed by atoms with Gasteiger partial charge in [-0.1, -0.05) is 0 Å². The molecule has 0 aliphatic heterocycles. The van der Waals surface area contributed by atoms with Gasteiger partial charge < -0.3 is 5.73 Å². The number of aromatic nitrogens is 1. The second kappa shape index (κ2) is 5.33. The summed E-state index contributed by atoms with van der Waals surface area (Å²) in [5.41, 5.74) is 5.32. The maximum atomic E-state index is 13.2. The third-order valence-corrected chi connectivity index (χ3v) is 4.37.